The summed E-state index contributed by atoms with van der Waals surface area (Å²) in [4.78, 5) is 25.2. The number of Topliss-reactive ketones (excluding diaryl/α,β-unsaturated/α-hetero) is 1. The van der Waals surface area contributed by atoms with E-state index in [-0.39, 0.29) is 29.8 Å². The minimum Gasteiger partial charge on any atom is -0.486 e. The quantitative estimate of drug-likeness (QED) is 0.839. The number of nitrogens with one attached hydrogen (secondary N) is 1. The van der Waals surface area contributed by atoms with E-state index >= 15 is 0 Å². The Morgan fingerprint density at radius 1 is 1.12 bits per heavy atom. The molecule has 5 rings (SSSR count). The van der Waals surface area contributed by atoms with Crippen LogP contribution in [0.1, 0.15) is 62.7 Å². The third-order valence-electron chi connectivity index (χ3n) is 6.52. The van der Waals surface area contributed by atoms with Crippen LogP contribution >= 0.6 is 0 Å². The fourth-order valence-electron chi connectivity index (χ4n) is 5.83. The van der Waals surface area contributed by atoms with Crippen LogP contribution in [0, 0.1) is 23.2 Å². The molecule has 0 unspecified atom stereocenters. The Hall–Kier alpha value is -1.84. The molecule has 1 N–H and O–H groups in total. The van der Waals surface area contributed by atoms with E-state index < -0.39 is 0 Å². The lowest BCUT2D eigenvalue weighted by molar-refractivity contribution is -0.145. The third-order valence-corrected chi connectivity index (χ3v) is 6.52. The van der Waals surface area contributed by atoms with Crippen molar-refractivity contribution >= 4 is 11.7 Å². The van der Waals surface area contributed by atoms with Gasteiger partial charge in [-0.05, 0) is 88.3 Å². The minimum atomic E-state index is -0.124. The minimum absolute atomic E-state index is 0.0877. The number of ketones is 1. The molecule has 0 spiro atoms. The maximum atomic E-state index is 13.0. The predicted molar refractivity (Wildman–Crippen MR) is 100 cm³/mol. The molecule has 4 fully saturated rings. The second-order valence-electron chi connectivity index (χ2n) is 9.07. The van der Waals surface area contributed by atoms with Crippen molar-refractivity contribution in [3.8, 4) is 5.75 Å². The molecule has 0 aromatic heterocycles. The smallest absolute Gasteiger partial charge is 0.251 e. The molecule has 0 saturated heterocycles. The molecule has 4 heteroatoms. The first-order valence-electron chi connectivity index (χ1n) is 10.0. The zero-order valence-electron chi connectivity index (χ0n) is 15.8. The van der Waals surface area contributed by atoms with Crippen LogP contribution in [0.5, 0.6) is 5.75 Å². The highest BCUT2D eigenvalue weighted by Gasteiger charge is 2.54. The lowest BCUT2D eigenvalue weighted by Crippen LogP contribution is -2.51. The number of rotatable bonds is 6. The Morgan fingerprint density at radius 2 is 1.73 bits per heavy atom. The molecular weight excluding hydrogens is 326 g/mol. The van der Waals surface area contributed by atoms with Crippen LogP contribution in [0.15, 0.2) is 24.3 Å². The van der Waals surface area contributed by atoms with Gasteiger partial charge in [-0.3, -0.25) is 9.59 Å². The number of amides is 1. The first-order chi connectivity index (χ1) is 12.4. The monoisotopic (exact) mass is 355 g/mol. The molecule has 4 saturated carbocycles. The topological polar surface area (TPSA) is 55.4 Å². The van der Waals surface area contributed by atoms with E-state index in [1.54, 1.807) is 18.2 Å². The molecule has 1 amide bonds. The van der Waals surface area contributed by atoms with Gasteiger partial charge in [-0.25, -0.2) is 0 Å². The van der Waals surface area contributed by atoms with Crippen LogP contribution in [0.2, 0.25) is 0 Å². The van der Waals surface area contributed by atoms with Gasteiger partial charge >= 0.3 is 0 Å². The Labute approximate surface area is 155 Å². The van der Waals surface area contributed by atoms with Crippen molar-refractivity contribution in [2.75, 3.05) is 6.61 Å². The van der Waals surface area contributed by atoms with Crippen molar-refractivity contribution in [3.05, 3.63) is 29.8 Å². The summed E-state index contributed by atoms with van der Waals surface area (Å²) in [5.41, 5.74) is 0.444. The van der Waals surface area contributed by atoms with Crippen molar-refractivity contribution in [3.63, 3.8) is 0 Å². The van der Waals surface area contributed by atoms with E-state index in [0.29, 0.717) is 11.3 Å². The van der Waals surface area contributed by atoms with Crippen molar-refractivity contribution in [1.82, 2.24) is 5.32 Å². The van der Waals surface area contributed by atoms with Gasteiger partial charge in [0.15, 0.2) is 5.78 Å². The first-order valence-corrected chi connectivity index (χ1v) is 10.0. The van der Waals surface area contributed by atoms with Crippen LogP contribution in [-0.2, 0) is 4.79 Å². The molecule has 26 heavy (non-hydrogen) atoms. The summed E-state index contributed by atoms with van der Waals surface area (Å²) in [7, 11) is 0. The maximum absolute atomic E-state index is 13.0. The Balaban J connectivity index is 1.40. The summed E-state index contributed by atoms with van der Waals surface area (Å²) in [6.45, 7) is 3.99. The van der Waals surface area contributed by atoms with E-state index in [1.807, 2.05) is 19.9 Å². The van der Waals surface area contributed by atoms with Crippen LogP contribution in [0.4, 0.5) is 0 Å². The molecule has 4 aliphatic carbocycles. The van der Waals surface area contributed by atoms with Gasteiger partial charge in [0.2, 0.25) is 0 Å². The fraction of sp³-hybridized carbons (Fsp3) is 0.636. The standard InChI is InChI=1S/C22H29NO3/c1-14(2)23-21(25)18-4-3-5-19(9-18)26-13-20(24)22-10-15-6-16(11-22)8-17(7-15)12-22/h3-5,9,14-17H,6-8,10-13H2,1-2H3,(H,23,25). The molecule has 1 aromatic rings. The second-order valence-corrected chi connectivity index (χ2v) is 9.07. The summed E-state index contributed by atoms with van der Waals surface area (Å²) in [5.74, 6) is 3.03. The van der Waals surface area contributed by atoms with Gasteiger partial charge in [0, 0.05) is 17.0 Å². The number of hydrogen-bond donors (Lipinski definition) is 1. The predicted octanol–water partition coefficient (Wildman–Crippen LogP) is 3.99. The highest BCUT2D eigenvalue weighted by atomic mass is 16.5. The molecule has 1 aromatic carbocycles. The number of ether oxygens (including phenoxy) is 1. The van der Waals surface area contributed by atoms with Crippen molar-refractivity contribution in [2.45, 2.75) is 58.4 Å². The highest BCUT2D eigenvalue weighted by Crippen LogP contribution is 2.60. The average Bonchev–Trinajstić information content (AvgIpc) is 2.58. The van der Waals surface area contributed by atoms with Crippen LogP contribution in [-0.4, -0.2) is 24.3 Å². The molecule has 0 radical (unpaired) electrons. The molecule has 140 valence electrons. The maximum Gasteiger partial charge on any atom is 0.251 e. The van der Waals surface area contributed by atoms with Gasteiger partial charge in [0.1, 0.15) is 12.4 Å². The van der Waals surface area contributed by atoms with Gasteiger partial charge in [0.25, 0.3) is 5.91 Å². The first kappa shape index (κ1) is 17.6. The number of hydrogen-bond acceptors (Lipinski definition) is 3. The second kappa shape index (κ2) is 6.71. The van der Waals surface area contributed by atoms with Gasteiger partial charge < -0.3 is 10.1 Å². The van der Waals surface area contributed by atoms with Gasteiger partial charge in [0.05, 0.1) is 0 Å². The number of carbonyl (C=O) groups excluding carboxylic acids is 2. The van der Waals surface area contributed by atoms with E-state index in [4.69, 9.17) is 4.74 Å². The summed E-state index contributed by atoms with van der Waals surface area (Å²) in [6, 6.07) is 7.21. The normalized spacial score (nSPS) is 31.9. The Kier molecular flexibility index (Phi) is 4.54. The summed E-state index contributed by atoms with van der Waals surface area (Å²) in [6.07, 6.45) is 7.20. The van der Waals surface area contributed by atoms with Crippen LogP contribution in [0.3, 0.4) is 0 Å². The summed E-state index contributed by atoms with van der Waals surface area (Å²) in [5, 5.41) is 2.88. The zero-order chi connectivity index (χ0) is 18.3. The SMILES string of the molecule is CC(C)NC(=O)c1cccc(OCC(=O)C23CC4CC(CC(C4)C2)C3)c1. The molecule has 0 aliphatic heterocycles. The van der Waals surface area contributed by atoms with E-state index in [0.717, 1.165) is 37.0 Å². The van der Waals surface area contributed by atoms with E-state index in [1.165, 1.54) is 19.3 Å². The van der Waals surface area contributed by atoms with Gasteiger partial charge in [-0.1, -0.05) is 6.07 Å². The fourth-order valence-corrected chi connectivity index (χ4v) is 5.83. The highest BCUT2D eigenvalue weighted by molar-refractivity contribution is 5.94. The van der Waals surface area contributed by atoms with Crippen molar-refractivity contribution in [1.29, 1.82) is 0 Å². The van der Waals surface area contributed by atoms with Crippen molar-refractivity contribution < 1.29 is 14.3 Å². The van der Waals surface area contributed by atoms with E-state index in [9.17, 15) is 9.59 Å². The molecule has 4 nitrogen and oxygen atoms in total. The summed E-state index contributed by atoms with van der Waals surface area (Å²) < 4.78 is 5.82. The van der Waals surface area contributed by atoms with Crippen LogP contribution < -0.4 is 10.1 Å². The van der Waals surface area contributed by atoms with E-state index in [2.05, 4.69) is 5.32 Å². The molecular formula is C22H29NO3. The summed E-state index contributed by atoms with van der Waals surface area (Å²) >= 11 is 0. The van der Waals surface area contributed by atoms with Crippen molar-refractivity contribution in [2.24, 2.45) is 23.2 Å². The number of benzene rings is 1. The zero-order valence-corrected chi connectivity index (χ0v) is 15.8. The Morgan fingerprint density at radius 3 is 2.31 bits per heavy atom. The van der Waals surface area contributed by atoms with Gasteiger partial charge in [-0.15, -0.1) is 0 Å². The third kappa shape index (κ3) is 3.38. The van der Waals surface area contributed by atoms with Gasteiger partial charge in [-0.2, -0.15) is 0 Å². The van der Waals surface area contributed by atoms with Crippen LogP contribution in [0.25, 0.3) is 0 Å². The Bertz CT molecular complexity index is 674. The molecule has 0 atom stereocenters. The molecule has 0 heterocycles. The number of carbonyl (C=O) groups is 2. The molecule has 4 aliphatic rings. The lowest BCUT2D eigenvalue weighted by Gasteiger charge is -2.55. The average molecular weight is 355 g/mol. The molecule has 4 bridgehead atoms. The largest absolute Gasteiger partial charge is 0.486 e. The lowest BCUT2D eigenvalue weighted by atomic mass is 9.48.